The number of nitrogens with one attached hydrogen (secondary N) is 4. The van der Waals surface area contributed by atoms with Crippen LogP contribution in [0.4, 0.5) is 28.9 Å². The highest BCUT2D eigenvalue weighted by molar-refractivity contribution is 6.35. The third kappa shape index (κ3) is 5.56. The molecule has 1 saturated carbocycles. The molecular formula is C28H29ClF4N8. The highest BCUT2D eigenvalue weighted by Gasteiger charge is 2.67. The van der Waals surface area contributed by atoms with Gasteiger partial charge < -0.3 is 16.1 Å². The Hall–Kier alpha value is -3.82. The van der Waals surface area contributed by atoms with Crippen LogP contribution in [0.25, 0.3) is 10.9 Å². The van der Waals surface area contributed by atoms with Crippen molar-refractivity contribution >= 4 is 33.9 Å². The van der Waals surface area contributed by atoms with Crippen LogP contribution in [0.2, 0.25) is 5.02 Å². The lowest BCUT2D eigenvalue weighted by Crippen LogP contribution is -2.52. The first-order valence-electron chi connectivity index (χ1n) is 13.0. The number of hydrazine groups is 2. The lowest BCUT2D eigenvalue weighted by atomic mass is 9.96. The number of aromatic nitrogens is 2. The first-order chi connectivity index (χ1) is 19.2. The van der Waals surface area contributed by atoms with Gasteiger partial charge in [-0.2, -0.15) is 22.8 Å². The summed E-state index contributed by atoms with van der Waals surface area (Å²) in [5.41, 5.74) is 6.56. The monoisotopic (exact) mass is 588 g/mol. The fourth-order valence-corrected chi connectivity index (χ4v) is 5.06. The van der Waals surface area contributed by atoms with Gasteiger partial charge in [-0.05, 0) is 43.4 Å². The van der Waals surface area contributed by atoms with Gasteiger partial charge in [-0.25, -0.2) is 4.98 Å². The second-order valence-corrected chi connectivity index (χ2v) is 11.9. The molecule has 1 atom stereocenters. The molecule has 3 aromatic rings. The lowest BCUT2D eigenvalue weighted by Gasteiger charge is -2.28. The van der Waals surface area contributed by atoms with Crippen molar-refractivity contribution in [2.45, 2.75) is 58.3 Å². The minimum atomic E-state index is -4.43. The Bertz CT molecular complexity index is 1570. The zero-order chi connectivity index (χ0) is 29.7. The van der Waals surface area contributed by atoms with Gasteiger partial charge in [0.2, 0.25) is 5.95 Å². The Morgan fingerprint density at radius 1 is 1.22 bits per heavy atom. The van der Waals surface area contributed by atoms with Gasteiger partial charge in [-0.15, -0.1) is 5.53 Å². The molecule has 1 fully saturated rings. The molecule has 0 radical (unpaired) electrons. The van der Waals surface area contributed by atoms with E-state index in [1.54, 1.807) is 19.1 Å². The van der Waals surface area contributed by atoms with Gasteiger partial charge in [0.1, 0.15) is 6.07 Å². The van der Waals surface area contributed by atoms with Crippen molar-refractivity contribution in [2.24, 2.45) is 5.41 Å². The molecule has 1 aromatic carbocycles. The van der Waals surface area contributed by atoms with E-state index in [-0.39, 0.29) is 18.3 Å². The molecule has 2 aromatic heterocycles. The number of alkyl halides is 3. The third-order valence-corrected chi connectivity index (χ3v) is 7.46. The molecule has 2 aliphatic rings. The van der Waals surface area contributed by atoms with Crippen LogP contribution in [-0.2, 0) is 0 Å². The Morgan fingerprint density at radius 3 is 2.56 bits per heavy atom. The van der Waals surface area contributed by atoms with E-state index in [0.29, 0.717) is 56.4 Å². The molecule has 3 heterocycles. The van der Waals surface area contributed by atoms with E-state index in [1.165, 1.54) is 24.5 Å². The molecule has 1 aliphatic heterocycles. The van der Waals surface area contributed by atoms with Crippen LogP contribution in [0.5, 0.6) is 0 Å². The van der Waals surface area contributed by atoms with E-state index in [4.69, 9.17) is 11.6 Å². The second-order valence-electron chi connectivity index (χ2n) is 11.5. The Labute approximate surface area is 239 Å². The highest BCUT2D eigenvalue weighted by Crippen LogP contribution is 2.53. The summed E-state index contributed by atoms with van der Waals surface area (Å²) in [6.07, 6.45) is -1.68. The number of hydrogen-bond acceptors (Lipinski definition) is 8. The third-order valence-electron chi connectivity index (χ3n) is 7.17. The molecule has 5 rings (SSSR count). The molecule has 0 bridgehead atoms. The minimum absolute atomic E-state index is 0.0387. The number of nitriles is 1. The predicted molar refractivity (Wildman–Crippen MR) is 149 cm³/mol. The van der Waals surface area contributed by atoms with Gasteiger partial charge in [-0.1, -0.05) is 38.4 Å². The summed E-state index contributed by atoms with van der Waals surface area (Å²) in [6, 6.07) is 7.55. The summed E-state index contributed by atoms with van der Waals surface area (Å²) in [7, 11) is 0. The molecule has 0 amide bonds. The van der Waals surface area contributed by atoms with Crippen molar-refractivity contribution in [3.8, 4) is 6.07 Å². The van der Waals surface area contributed by atoms with Crippen molar-refractivity contribution in [1.29, 1.82) is 5.26 Å². The summed E-state index contributed by atoms with van der Waals surface area (Å²) in [5, 5.41) is 18.4. The summed E-state index contributed by atoms with van der Waals surface area (Å²) < 4.78 is 55.4. The van der Waals surface area contributed by atoms with Gasteiger partial charge in [0.15, 0.2) is 5.54 Å². The molecule has 216 valence electrons. The summed E-state index contributed by atoms with van der Waals surface area (Å²) in [6.45, 7) is 8.37. The number of benzene rings is 1. The van der Waals surface area contributed by atoms with E-state index in [2.05, 4.69) is 58.4 Å². The van der Waals surface area contributed by atoms with Crippen LogP contribution in [0.1, 0.15) is 56.5 Å². The molecule has 1 aliphatic carbocycles. The molecule has 41 heavy (non-hydrogen) atoms. The Kier molecular flexibility index (Phi) is 7.16. The summed E-state index contributed by atoms with van der Waals surface area (Å²) in [4.78, 5) is 8.30. The van der Waals surface area contributed by atoms with Crippen LogP contribution in [-0.4, -0.2) is 33.2 Å². The van der Waals surface area contributed by atoms with Crippen LogP contribution >= 0.6 is 11.6 Å². The lowest BCUT2D eigenvalue weighted by molar-refractivity contribution is -0.195. The van der Waals surface area contributed by atoms with Crippen LogP contribution < -0.4 is 21.6 Å². The maximum absolute atomic E-state index is 13.9. The van der Waals surface area contributed by atoms with Gasteiger partial charge in [-0.3, -0.25) is 9.99 Å². The maximum atomic E-state index is 13.9. The molecule has 0 unspecified atom stereocenters. The average Bonchev–Trinajstić information content (AvgIpc) is 3.57. The van der Waals surface area contributed by atoms with Crippen molar-refractivity contribution in [1.82, 2.24) is 25.9 Å². The van der Waals surface area contributed by atoms with E-state index < -0.39 is 23.7 Å². The number of halogens is 5. The number of pyridine rings is 2. The second kappa shape index (κ2) is 10.2. The van der Waals surface area contributed by atoms with Crippen LogP contribution in [0, 0.1) is 29.6 Å². The first kappa shape index (κ1) is 28.7. The molecule has 13 heteroatoms. The average molecular weight is 589 g/mol. The van der Waals surface area contributed by atoms with E-state index in [1.807, 2.05) is 0 Å². The number of fused-ring (bicyclic) bond motifs is 1. The topological polar surface area (TPSA) is 101 Å². The van der Waals surface area contributed by atoms with E-state index in [0.717, 1.165) is 5.01 Å². The summed E-state index contributed by atoms with van der Waals surface area (Å²) in [5.74, 6) is -0.675. The van der Waals surface area contributed by atoms with Crippen molar-refractivity contribution in [2.75, 3.05) is 17.2 Å². The number of nitrogens with zero attached hydrogens (tertiary/aromatic N) is 4. The normalized spacial score (nSPS) is 17.1. The number of rotatable bonds is 7. The summed E-state index contributed by atoms with van der Waals surface area (Å²) >= 11 is 6.65. The first-order valence-corrected chi connectivity index (χ1v) is 13.4. The molecule has 4 N–H and O–H groups in total. The maximum Gasteiger partial charge on any atom is 0.413 e. The van der Waals surface area contributed by atoms with E-state index in [9.17, 15) is 22.8 Å². The molecular weight excluding hydrogens is 560 g/mol. The van der Waals surface area contributed by atoms with Crippen LogP contribution in [0.3, 0.4) is 0 Å². The van der Waals surface area contributed by atoms with Gasteiger partial charge in [0.25, 0.3) is 0 Å². The van der Waals surface area contributed by atoms with Gasteiger partial charge in [0, 0.05) is 41.3 Å². The van der Waals surface area contributed by atoms with Crippen molar-refractivity contribution in [3.63, 3.8) is 0 Å². The van der Waals surface area contributed by atoms with Crippen molar-refractivity contribution < 1.29 is 17.6 Å². The van der Waals surface area contributed by atoms with Crippen LogP contribution in [0.15, 0.2) is 42.4 Å². The fraction of sp³-hybridized carbons (Fsp3) is 0.393. The Balaban J connectivity index is 1.58. The zero-order valence-corrected chi connectivity index (χ0v) is 23.6. The largest absolute Gasteiger partial charge is 0.413 e. The Morgan fingerprint density at radius 2 is 1.95 bits per heavy atom. The van der Waals surface area contributed by atoms with Gasteiger partial charge in [0.05, 0.1) is 33.5 Å². The zero-order valence-electron chi connectivity index (χ0n) is 22.8. The molecule has 0 saturated heterocycles. The minimum Gasteiger partial charge on any atom is -0.383 e. The smallest absolute Gasteiger partial charge is 0.383 e. The van der Waals surface area contributed by atoms with Gasteiger partial charge >= 0.3 is 6.18 Å². The molecule has 8 nitrogen and oxygen atoms in total. The number of anilines is 2. The SMILES string of the molecule is Cc1nc(F)ccc1[C@H](Nc1cc(Cl)c2ncc(C#N)c(NCC(C)(C)C)c2c1)C1=CN(C2(C(F)(F)F)CC2)NN1. The fourth-order valence-electron chi connectivity index (χ4n) is 4.79. The predicted octanol–water partition coefficient (Wildman–Crippen LogP) is 6.47. The quantitative estimate of drug-likeness (QED) is 0.184. The number of hydrogen-bond donors (Lipinski definition) is 4. The standard InChI is InChI=1S/C28H29ClF4N8/c1-15-18(5-6-22(30)37-15)25(21-13-41(40-39-21)27(7-8-27)28(31,32)33)38-17-9-19-23(36-14-26(2,3)4)16(11-34)12-35-24(19)20(29)10-17/h5-6,9-10,12-13,25,38-40H,7-8,14H2,1-4H3,(H,35,36)/t25-/m0/s1. The molecule has 0 spiro atoms. The number of aryl methyl sites for hydroxylation is 1. The van der Waals surface area contributed by atoms with E-state index >= 15 is 0 Å². The highest BCUT2D eigenvalue weighted by atomic mass is 35.5. The van der Waals surface area contributed by atoms with Crippen molar-refractivity contribution in [3.05, 3.63) is 70.2 Å².